The van der Waals surface area contributed by atoms with E-state index in [1.54, 1.807) is 56.6 Å². The molecule has 9 nitrogen and oxygen atoms in total. The maximum absolute atomic E-state index is 13.0. The van der Waals surface area contributed by atoms with Gasteiger partial charge in [-0.05, 0) is 80.6 Å². The maximum atomic E-state index is 13.0. The fourth-order valence-corrected chi connectivity index (χ4v) is 5.98. The van der Waals surface area contributed by atoms with Gasteiger partial charge in [-0.15, -0.1) is 0 Å². The first kappa shape index (κ1) is 33.8. The van der Waals surface area contributed by atoms with Crippen LogP contribution in [0.2, 0.25) is 10.0 Å². The van der Waals surface area contributed by atoms with Gasteiger partial charge in [0, 0.05) is 53.5 Å². The van der Waals surface area contributed by atoms with E-state index < -0.39 is 5.91 Å². The number of halogens is 2. The lowest BCUT2D eigenvalue weighted by Gasteiger charge is -2.21. The largest absolute Gasteiger partial charge is 0.490 e. The molecule has 244 valence electrons. The van der Waals surface area contributed by atoms with Crippen LogP contribution in [0.4, 0.5) is 5.69 Å². The molecule has 0 saturated heterocycles. The maximum Gasteiger partial charge on any atom is 0.251 e. The predicted octanol–water partition coefficient (Wildman–Crippen LogP) is 6.90. The molecule has 47 heavy (non-hydrogen) atoms. The number of nitrogens with zero attached hydrogens (tertiary/aromatic N) is 2. The summed E-state index contributed by atoms with van der Waals surface area (Å²) < 4.78 is 12.6. The summed E-state index contributed by atoms with van der Waals surface area (Å²) in [6.45, 7) is 1.70. The molecule has 4 aromatic rings. The number of rotatable bonds is 11. The SMILES string of the molecule is CNC(=O)c1ccc(C=CC(=O)NCC(=O)N(C)c2ccc(Cl)c(COc3cccc4c(OC5CCCC5)cc(C)nc34)c2Cl)cc1. The van der Waals surface area contributed by atoms with Gasteiger partial charge in [0.1, 0.15) is 23.6 Å². The number of carbonyl (C=O) groups excluding carboxylic acids is 3. The number of nitrogens with one attached hydrogen (secondary N) is 2. The van der Waals surface area contributed by atoms with E-state index in [9.17, 15) is 14.4 Å². The fraction of sp³-hybridized carbons (Fsp3) is 0.278. The number of carbonyl (C=O) groups is 3. The summed E-state index contributed by atoms with van der Waals surface area (Å²) in [7, 11) is 3.13. The van der Waals surface area contributed by atoms with Crippen LogP contribution in [-0.2, 0) is 16.2 Å². The van der Waals surface area contributed by atoms with E-state index >= 15 is 0 Å². The number of hydrogen-bond donors (Lipinski definition) is 2. The highest BCUT2D eigenvalue weighted by atomic mass is 35.5. The number of fused-ring (bicyclic) bond motifs is 1. The van der Waals surface area contributed by atoms with Crippen LogP contribution >= 0.6 is 23.2 Å². The molecule has 11 heteroatoms. The summed E-state index contributed by atoms with van der Waals surface area (Å²) >= 11 is 13.3. The summed E-state index contributed by atoms with van der Waals surface area (Å²) in [5, 5.41) is 6.66. The number of likely N-dealkylation sites (N-methyl/N-ethyl adjacent to an activating group) is 1. The van der Waals surface area contributed by atoms with Crippen LogP contribution in [0.25, 0.3) is 17.0 Å². The molecule has 5 rings (SSSR count). The van der Waals surface area contributed by atoms with Crippen molar-refractivity contribution in [3.8, 4) is 11.5 Å². The highest BCUT2D eigenvalue weighted by molar-refractivity contribution is 6.38. The average Bonchev–Trinajstić information content (AvgIpc) is 3.59. The topological polar surface area (TPSA) is 110 Å². The molecule has 1 heterocycles. The first-order valence-electron chi connectivity index (χ1n) is 15.4. The molecule has 0 radical (unpaired) electrons. The smallest absolute Gasteiger partial charge is 0.251 e. The first-order valence-corrected chi connectivity index (χ1v) is 16.1. The number of para-hydroxylation sites is 1. The van der Waals surface area contributed by atoms with Gasteiger partial charge in [-0.1, -0.05) is 41.4 Å². The third-order valence-corrected chi connectivity index (χ3v) is 8.78. The second kappa shape index (κ2) is 15.3. The van der Waals surface area contributed by atoms with E-state index in [4.69, 9.17) is 37.7 Å². The van der Waals surface area contributed by atoms with Gasteiger partial charge in [0.15, 0.2) is 0 Å². The second-order valence-electron chi connectivity index (χ2n) is 11.3. The van der Waals surface area contributed by atoms with E-state index in [0.717, 1.165) is 35.2 Å². The number of aromatic nitrogens is 1. The van der Waals surface area contributed by atoms with Crippen molar-refractivity contribution in [2.24, 2.45) is 0 Å². The Kier molecular flexibility index (Phi) is 11.0. The van der Waals surface area contributed by atoms with E-state index in [-0.39, 0.29) is 36.1 Å². The van der Waals surface area contributed by atoms with E-state index in [1.807, 2.05) is 31.2 Å². The van der Waals surface area contributed by atoms with Gasteiger partial charge in [0.2, 0.25) is 11.8 Å². The highest BCUT2D eigenvalue weighted by Crippen LogP contribution is 2.37. The molecule has 3 aromatic carbocycles. The van der Waals surface area contributed by atoms with Crippen LogP contribution in [0.5, 0.6) is 11.5 Å². The number of ether oxygens (including phenoxy) is 2. The molecule has 1 aliphatic rings. The van der Waals surface area contributed by atoms with Crippen LogP contribution in [0, 0.1) is 6.92 Å². The van der Waals surface area contributed by atoms with E-state index in [2.05, 4.69) is 10.6 Å². The molecule has 1 fully saturated rings. The number of benzene rings is 3. The minimum Gasteiger partial charge on any atom is -0.490 e. The van der Waals surface area contributed by atoms with Crippen molar-refractivity contribution in [1.29, 1.82) is 0 Å². The molecule has 1 aliphatic carbocycles. The molecule has 0 atom stereocenters. The van der Waals surface area contributed by atoms with Crippen molar-refractivity contribution < 1.29 is 23.9 Å². The Hall–Kier alpha value is -4.60. The molecule has 3 amide bonds. The van der Waals surface area contributed by atoms with Crippen molar-refractivity contribution >= 4 is 63.6 Å². The van der Waals surface area contributed by atoms with E-state index in [0.29, 0.717) is 33.1 Å². The zero-order chi connectivity index (χ0) is 33.5. The number of hydrogen-bond acceptors (Lipinski definition) is 6. The predicted molar refractivity (Wildman–Crippen MR) is 185 cm³/mol. The lowest BCUT2D eigenvalue weighted by Crippen LogP contribution is -2.37. The van der Waals surface area contributed by atoms with Gasteiger partial charge in [-0.3, -0.25) is 14.4 Å². The Labute approximate surface area is 283 Å². The van der Waals surface area contributed by atoms with Gasteiger partial charge < -0.3 is 25.0 Å². The van der Waals surface area contributed by atoms with Crippen LogP contribution in [0.15, 0.2) is 66.7 Å². The molecular weight excluding hydrogens is 639 g/mol. The Morgan fingerprint density at radius 1 is 1.02 bits per heavy atom. The van der Waals surface area contributed by atoms with E-state index in [1.165, 1.54) is 23.8 Å². The minimum atomic E-state index is -0.450. The van der Waals surface area contributed by atoms with Gasteiger partial charge in [0.25, 0.3) is 5.91 Å². The number of amides is 3. The lowest BCUT2D eigenvalue weighted by atomic mass is 10.1. The molecule has 1 saturated carbocycles. The van der Waals surface area contributed by atoms with Crippen molar-refractivity contribution in [3.05, 3.63) is 99.2 Å². The summed E-state index contributed by atoms with van der Waals surface area (Å²) in [5.41, 5.74) is 3.66. The fourth-order valence-electron chi connectivity index (χ4n) is 5.38. The molecule has 0 unspecified atom stereocenters. The van der Waals surface area contributed by atoms with Crippen LogP contribution < -0.4 is 25.0 Å². The number of anilines is 1. The first-order chi connectivity index (χ1) is 22.6. The standard InChI is InChI=1S/C36H36Cl2N4O5/c1-22-19-31(47-25-7-4-5-8-25)26-9-6-10-30(35(26)41-22)46-21-27-28(37)16-17-29(34(27)38)42(3)33(44)20-40-32(43)18-13-23-11-14-24(15-12-23)36(45)39-2/h6,9-19,25H,4-5,7-8,20-21H2,1-3H3,(H,39,45)(H,40,43). The molecule has 1 aromatic heterocycles. The van der Waals surface area contributed by atoms with Gasteiger partial charge in [-0.25, -0.2) is 4.98 Å². The summed E-state index contributed by atoms with van der Waals surface area (Å²) in [6, 6.07) is 17.7. The van der Waals surface area contributed by atoms with Gasteiger partial charge >= 0.3 is 0 Å². The van der Waals surface area contributed by atoms with Gasteiger partial charge in [-0.2, -0.15) is 0 Å². The van der Waals surface area contributed by atoms with Crippen molar-refractivity contribution in [1.82, 2.24) is 15.6 Å². The average molecular weight is 676 g/mol. The normalized spacial score (nSPS) is 13.1. The highest BCUT2D eigenvalue weighted by Gasteiger charge is 2.21. The summed E-state index contributed by atoms with van der Waals surface area (Å²) in [4.78, 5) is 43.2. The van der Waals surface area contributed by atoms with Crippen molar-refractivity contribution in [2.75, 3.05) is 25.5 Å². The summed E-state index contributed by atoms with van der Waals surface area (Å²) in [6.07, 6.45) is 7.56. The van der Waals surface area contributed by atoms with Gasteiger partial charge in [0.05, 0.1) is 23.4 Å². The molecule has 0 spiro atoms. The summed E-state index contributed by atoms with van der Waals surface area (Å²) in [5.74, 6) is 0.317. The van der Waals surface area contributed by atoms with Crippen LogP contribution in [0.3, 0.4) is 0 Å². The minimum absolute atomic E-state index is 0.0344. The monoisotopic (exact) mass is 674 g/mol. The quantitative estimate of drug-likeness (QED) is 0.168. The van der Waals surface area contributed by atoms with Crippen LogP contribution in [0.1, 0.15) is 52.9 Å². The molecule has 0 aliphatic heterocycles. The third-order valence-electron chi connectivity index (χ3n) is 8.00. The second-order valence-corrected chi connectivity index (χ2v) is 12.1. The molecular formula is C36H36Cl2N4O5. The number of aryl methyl sites for hydroxylation is 1. The Morgan fingerprint density at radius 2 is 1.77 bits per heavy atom. The molecule has 0 bridgehead atoms. The zero-order valence-electron chi connectivity index (χ0n) is 26.4. The van der Waals surface area contributed by atoms with Crippen molar-refractivity contribution in [3.63, 3.8) is 0 Å². The molecule has 2 N–H and O–H groups in total. The number of pyridine rings is 1. The Morgan fingerprint density at radius 3 is 2.49 bits per heavy atom. The third kappa shape index (κ3) is 8.22. The zero-order valence-corrected chi connectivity index (χ0v) is 28.0. The van der Waals surface area contributed by atoms with Crippen molar-refractivity contribution in [2.45, 2.75) is 45.3 Å². The van der Waals surface area contributed by atoms with Crippen LogP contribution in [-0.4, -0.2) is 49.4 Å². The Bertz CT molecular complexity index is 1820. The lowest BCUT2D eigenvalue weighted by molar-refractivity contribution is -0.122. The Balaban J connectivity index is 1.23.